The molecule has 1 nitrogen and oxygen atoms in total. The van der Waals surface area contributed by atoms with Crippen LogP contribution in [0.5, 0.6) is 0 Å². The van der Waals surface area contributed by atoms with Gasteiger partial charge in [0.25, 0.3) is 0 Å². The smallest absolute Gasteiger partial charge is 0.137 e. The van der Waals surface area contributed by atoms with Crippen LogP contribution in [0.25, 0.3) is 0 Å². The van der Waals surface area contributed by atoms with Crippen molar-refractivity contribution in [3.8, 4) is 0 Å². The second kappa shape index (κ2) is 5.18. The third kappa shape index (κ3) is 2.78. The molecule has 0 aliphatic carbocycles. The molecule has 0 radical (unpaired) electrons. The number of benzene rings is 1. The van der Waals surface area contributed by atoms with Gasteiger partial charge in [-0.15, -0.1) is 11.3 Å². The second-order valence-electron chi connectivity index (χ2n) is 3.65. The number of halogens is 3. The van der Waals surface area contributed by atoms with Gasteiger partial charge in [-0.25, -0.2) is 4.39 Å². The lowest BCUT2D eigenvalue weighted by atomic mass is 10.1. The van der Waals surface area contributed by atoms with Crippen LogP contribution in [0, 0.1) is 12.7 Å². The Morgan fingerprint density at radius 3 is 2.47 bits per heavy atom. The fourth-order valence-electron chi connectivity index (χ4n) is 1.52. The van der Waals surface area contributed by atoms with Gasteiger partial charge in [0.2, 0.25) is 0 Å². The fraction of sp³-hybridized carbons (Fsp3) is 0.167. The number of thiophene rings is 1. The van der Waals surface area contributed by atoms with E-state index in [4.69, 9.17) is 0 Å². The number of hydrogen-bond acceptors (Lipinski definition) is 2. The third-order valence-corrected chi connectivity index (χ3v) is 4.97. The van der Waals surface area contributed by atoms with E-state index >= 15 is 0 Å². The largest absolute Gasteiger partial charge is 0.383 e. The molecular weight excluding hydrogens is 371 g/mol. The van der Waals surface area contributed by atoms with Crippen molar-refractivity contribution >= 4 is 43.2 Å². The summed E-state index contributed by atoms with van der Waals surface area (Å²) in [7, 11) is 0. The molecule has 1 heterocycles. The standard InChI is InChI=1S/C12H9Br2FOS/c1-6-4-9(14)12(17-6)11(16)7-2-3-10(15)8(13)5-7/h2-5,11,16H,1H3. The maximum Gasteiger partial charge on any atom is 0.137 e. The molecule has 2 rings (SSSR count). The van der Waals surface area contributed by atoms with Crippen LogP contribution in [0.4, 0.5) is 4.39 Å². The Morgan fingerprint density at radius 1 is 1.24 bits per heavy atom. The Morgan fingerprint density at radius 2 is 1.94 bits per heavy atom. The van der Waals surface area contributed by atoms with Crippen molar-refractivity contribution < 1.29 is 9.50 Å². The van der Waals surface area contributed by atoms with Crippen molar-refractivity contribution in [3.63, 3.8) is 0 Å². The van der Waals surface area contributed by atoms with Gasteiger partial charge in [-0.1, -0.05) is 6.07 Å². The lowest BCUT2D eigenvalue weighted by Crippen LogP contribution is -1.98. The number of hydrogen-bond donors (Lipinski definition) is 1. The van der Waals surface area contributed by atoms with Gasteiger partial charge in [-0.05, 0) is 62.5 Å². The van der Waals surface area contributed by atoms with E-state index in [1.165, 1.54) is 17.4 Å². The zero-order valence-corrected chi connectivity index (χ0v) is 12.9. The molecule has 90 valence electrons. The predicted molar refractivity (Wildman–Crippen MR) is 74.9 cm³/mol. The topological polar surface area (TPSA) is 20.2 Å². The molecule has 0 amide bonds. The zero-order chi connectivity index (χ0) is 12.6. The molecule has 1 atom stereocenters. The quantitative estimate of drug-likeness (QED) is 0.794. The molecule has 1 unspecified atom stereocenters. The first-order valence-corrected chi connectivity index (χ1v) is 7.28. The highest BCUT2D eigenvalue weighted by Gasteiger charge is 2.17. The molecule has 5 heteroatoms. The highest BCUT2D eigenvalue weighted by molar-refractivity contribution is 9.10. The molecule has 1 aromatic heterocycles. The van der Waals surface area contributed by atoms with E-state index in [-0.39, 0.29) is 5.82 Å². The summed E-state index contributed by atoms with van der Waals surface area (Å²) in [6.07, 6.45) is -0.736. The summed E-state index contributed by atoms with van der Waals surface area (Å²) in [5.74, 6) is -0.331. The van der Waals surface area contributed by atoms with Gasteiger partial charge in [0.1, 0.15) is 11.9 Å². The van der Waals surface area contributed by atoms with Crippen LogP contribution in [0.15, 0.2) is 33.2 Å². The number of aliphatic hydroxyl groups excluding tert-OH is 1. The van der Waals surface area contributed by atoms with Gasteiger partial charge in [0.05, 0.1) is 9.35 Å². The minimum atomic E-state index is -0.736. The molecule has 0 saturated heterocycles. The van der Waals surface area contributed by atoms with Crippen LogP contribution in [-0.4, -0.2) is 5.11 Å². The van der Waals surface area contributed by atoms with E-state index in [0.29, 0.717) is 10.0 Å². The van der Waals surface area contributed by atoms with E-state index in [9.17, 15) is 9.50 Å². The Bertz CT molecular complexity index is 553. The van der Waals surface area contributed by atoms with Gasteiger partial charge in [-0.2, -0.15) is 0 Å². The van der Waals surface area contributed by atoms with Crippen LogP contribution in [0.3, 0.4) is 0 Å². The average molecular weight is 380 g/mol. The molecule has 0 fully saturated rings. The second-order valence-corrected chi connectivity index (χ2v) is 6.64. The average Bonchev–Trinajstić information content (AvgIpc) is 2.61. The van der Waals surface area contributed by atoms with E-state index in [1.54, 1.807) is 12.1 Å². The minimum Gasteiger partial charge on any atom is -0.383 e. The molecular formula is C12H9Br2FOS. The first-order chi connectivity index (χ1) is 7.99. The van der Waals surface area contributed by atoms with E-state index in [2.05, 4.69) is 31.9 Å². The Hall–Kier alpha value is -0.230. The highest BCUT2D eigenvalue weighted by Crippen LogP contribution is 2.36. The van der Waals surface area contributed by atoms with E-state index in [0.717, 1.165) is 14.2 Å². The number of rotatable bonds is 2. The van der Waals surface area contributed by atoms with Crippen LogP contribution >= 0.6 is 43.2 Å². The lowest BCUT2D eigenvalue weighted by Gasteiger charge is -2.10. The van der Waals surface area contributed by atoms with Crippen molar-refractivity contribution in [2.45, 2.75) is 13.0 Å². The van der Waals surface area contributed by atoms with Crippen molar-refractivity contribution in [2.75, 3.05) is 0 Å². The summed E-state index contributed by atoms with van der Waals surface area (Å²) in [5.41, 5.74) is 0.667. The van der Waals surface area contributed by atoms with Crippen molar-refractivity contribution in [2.24, 2.45) is 0 Å². The maximum atomic E-state index is 13.1. The molecule has 0 aliphatic rings. The van der Waals surface area contributed by atoms with Crippen molar-refractivity contribution in [1.29, 1.82) is 0 Å². The van der Waals surface area contributed by atoms with Gasteiger partial charge in [0, 0.05) is 9.35 Å². The Kier molecular flexibility index (Phi) is 4.02. The summed E-state index contributed by atoms with van der Waals surface area (Å²) in [6.45, 7) is 1.98. The molecule has 0 spiro atoms. The first kappa shape index (κ1) is 13.2. The molecule has 1 N–H and O–H groups in total. The SMILES string of the molecule is Cc1cc(Br)c(C(O)c2ccc(F)c(Br)c2)s1. The molecule has 1 aromatic carbocycles. The maximum absolute atomic E-state index is 13.1. The van der Waals surface area contributed by atoms with E-state index in [1.807, 2.05) is 13.0 Å². The van der Waals surface area contributed by atoms with E-state index < -0.39 is 6.10 Å². The summed E-state index contributed by atoms with van der Waals surface area (Å²) in [6, 6.07) is 6.49. The molecule has 0 saturated carbocycles. The first-order valence-electron chi connectivity index (χ1n) is 4.88. The summed E-state index contributed by atoms with van der Waals surface area (Å²) in [4.78, 5) is 1.95. The zero-order valence-electron chi connectivity index (χ0n) is 8.88. The molecule has 0 bridgehead atoms. The Balaban J connectivity index is 2.40. The lowest BCUT2D eigenvalue weighted by molar-refractivity contribution is 0.223. The molecule has 2 aromatic rings. The normalized spacial score (nSPS) is 12.8. The predicted octanol–water partition coefficient (Wildman–Crippen LogP) is 4.80. The van der Waals surface area contributed by atoms with Gasteiger partial charge in [0.15, 0.2) is 0 Å². The van der Waals surface area contributed by atoms with Gasteiger partial charge < -0.3 is 5.11 Å². The minimum absolute atomic E-state index is 0.331. The monoisotopic (exact) mass is 378 g/mol. The Labute approximate surface area is 120 Å². The third-order valence-electron chi connectivity index (χ3n) is 2.34. The van der Waals surface area contributed by atoms with Crippen LogP contribution in [0.1, 0.15) is 21.4 Å². The van der Waals surface area contributed by atoms with Crippen LogP contribution in [0.2, 0.25) is 0 Å². The summed E-state index contributed by atoms with van der Waals surface area (Å²) < 4.78 is 14.4. The van der Waals surface area contributed by atoms with Crippen molar-refractivity contribution in [3.05, 3.63) is 54.3 Å². The van der Waals surface area contributed by atoms with Gasteiger partial charge in [-0.3, -0.25) is 0 Å². The van der Waals surface area contributed by atoms with Crippen LogP contribution in [-0.2, 0) is 0 Å². The molecule has 0 aliphatic heterocycles. The van der Waals surface area contributed by atoms with Gasteiger partial charge >= 0.3 is 0 Å². The highest BCUT2D eigenvalue weighted by atomic mass is 79.9. The van der Waals surface area contributed by atoms with Crippen LogP contribution < -0.4 is 0 Å². The summed E-state index contributed by atoms with van der Waals surface area (Å²) >= 11 is 8.05. The number of aryl methyl sites for hydroxylation is 1. The number of aliphatic hydroxyl groups is 1. The molecule has 17 heavy (non-hydrogen) atoms. The van der Waals surface area contributed by atoms with Crippen molar-refractivity contribution in [1.82, 2.24) is 0 Å². The summed E-state index contributed by atoms with van der Waals surface area (Å²) in [5, 5.41) is 10.2. The fourth-order valence-corrected chi connectivity index (χ4v) is 3.80.